The third-order valence-corrected chi connectivity index (χ3v) is 3.31. The molecule has 90 valence electrons. The summed E-state index contributed by atoms with van der Waals surface area (Å²) in [5.41, 5.74) is 7.47. The van der Waals surface area contributed by atoms with Gasteiger partial charge in [-0.1, -0.05) is 5.92 Å². The molecular weight excluding hydrogens is 300 g/mol. The van der Waals surface area contributed by atoms with E-state index in [1.807, 2.05) is 6.07 Å². The van der Waals surface area contributed by atoms with E-state index in [1.165, 1.54) is 6.33 Å². The Labute approximate surface area is 110 Å². The van der Waals surface area contributed by atoms with Gasteiger partial charge in [0.25, 0.3) is 0 Å². The minimum atomic E-state index is -0.862. The Morgan fingerprint density at radius 2 is 2.12 bits per heavy atom. The van der Waals surface area contributed by atoms with Crippen LogP contribution in [-0.2, 0) is 0 Å². The van der Waals surface area contributed by atoms with Crippen molar-refractivity contribution in [3.8, 4) is 11.2 Å². The van der Waals surface area contributed by atoms with E-state index in [-0.39, 0.29) is 0 Å². The molecule has 17 heavy (non-hydrogen) atoms. The molecule has 2 aromatic heterocycles. The molecule has 0 fully saturated rings. The number of hydrogen-bond acceptors (Lipinski definition) is 3. The van der Waals surface area contributed by atoms with Crippen molar-refractivity contribution < 1.29 is 0 Å². The van der Waals surface area contributed by atoms with Crippen LogP contribution in [0.25, 0.3) is 5.52 Å². The number of halogens is 1. The maximum atomic E-state index is 5.86. The maximum Gasteiger partial charge on any atom is 0.152 e. The first-order chi connectivity index (χ1) is 7.88. The lowest BCUT2D eigenvalue weighted by atomic mass is 10.3. The zero-order valence-electron chi connectivity index (χ0n) is 9.86. The van der Waals surface area contributed by atoms with Gasteiger partial charge in [0, 0.05) is 0 Å². The van der Waals surface area contributed by atoms with Crippen LogP contribution in [0, 0.1) is 11.2 Å². The Morgan fingerprint density at radius 1 is 1.41 bits per heavy atom. The van der Waals surface area contributed by atoms with Crippen LogP contribution in [-0.4, -0.2) is 33.4 Å². The largest absolute Gasteiger partial charge is 0.382 e. The molecule has 0 aliphatic rings. The summed E-state index contributed by atoms with van der Waals surface area (Å²) < 4.78 is 2.53. The van der Waals surface area contributed by atoms with Gasteiger partial charge in [0.15, 0.2) is 5.82 Å². The van der Waals surface area contributed by atoms with E-state index in [9.17, 15) is 0 Å². The average molecular weight is 313 g/mol. The lowest BCUT2D eigenvalue weighted by Crippen LogP contribution is -1.99. The van der Waals surface area contributed by atoms with Gasteiger partial charge in [-0.25, -0.2) is 9.50 Å². The highest BCUT2D eigenvalue weighted by Gasteiger charge is 2.10. The Balaban J connectivity index is 2.66. The molecule has 0 saturated carbocycles. The monoisotopic (exact) mass is 312 g/mol. The zero-order valence-corrected chi connectivity index (χ0v) is 12.3. The predicted octanol–water partition coefficient (Wildman–Crippen LogP) is 2.08. The number of nitrogen functional groups attached to an aromatic ring is 1. The van der Waals surface area contributed by atoms with Gasteiger partial charge in [-0.15, -0.1) is 0 Å². The maximum absolute atomic E-state index is 5.86. The number of nitrogens with two attached hydrogens (primary N) is 1. The second kappa shape index (κ2) is 4.24. The second-order valence-corrected chi connectivity index (χ2v) is 9.04. The number of anilines is 1. The molecule has 0 spiro atoms. The lowest BCUT2D eigenvalue weighted by molar-refractivity contribution is 0.889. The molecule has 0 unspecified atom stereocenters. The van der Waals surface area contributed by atoms with Crippen molar-refractivity contribution in [1.82, 2.24) is 14.6 Å². The van der Waals surface area contributed by atoms with E-state index in [1.54, 1.807) is 4.52 Å². The summed E-state index contributed by atoms with van der Waals surface area (Å²) in [6.45, 7) is 0. The number of rotatable bonds is 0. The summed E-state index contributed by atoms with van der Waals surface area (Å²) in [4.78, 5) is 3.99. The summed E-state index contributed by atoms with van der Waals surface area (Å²) in [6.07, 6.45) is 7.87. The van der Waals surface area contributed by atoms with Gasteiger partial charge >= 0.3 is 0 Å². The van der Waals surface area contributed by atoms with E-state index in [4.69, 9.17) is 5.73 Å². The number of aromatic nitrogens is 3. The SMILES string of the molecule is CS(C)(C)C#Cc1cc(Br)n2ncnc(N)c12. The molecule has 0 aromatic carbocycles. The topological polar surface area (TPSA) is 56.2 Å². The highest BCUT2D eigenvalue weighted by atomic mass is 79.9. The Kier molecular flexibility index (Phi) is 3.06. The lowest BCUT2D eigenvalue weighted by Gasteiger charge is -2.14. The van der Waals surface area contributed by atoms with Gasteiger partial charge < -0.3 is 5.73 Å². The summed E-state index contributed by atoms with van der Waals surface area (Å²) >= 11 is 3.43. The molecule has 0 radical (unpaired) electrons. The summed E-state index contributed by atoms with van der Waals surface area (Å²) in [7, 11) is -0.862. The van der Waals surface area contributed by atoms with E-state index in [0.29, 0.717) is 5.82 Å². The molecule has 0 aliphatic carbocycles. The molecule has 2 aromatic rings. The molecule has 6 heteroatoms. The molecule has 0 bridgehead atoms. The minimum absolute atomic E-state index is 0.443. The molecular formula is C11H13BrN4S. The van der Waals surface area contributed by atoms with Crippen LogP contribution in [0.2, 0.25) is 0 Å². The Bertz CT molecular complexity index is 630. The molecule has 2 rings (SSSR count). The third kappa shape index (κ3) is 2.56. The van der Waals surface area contributed by atoms with Crippen molar-refractivity contribution >= 4 is 37.3 Å². The standard InChI is InChI=1S/C11H13BrN4S/c1-17(2,3)5-4-8-6-9(12)16-10(8)11(13)14-7-15-16/h6-7H,1-3H3,(H2,13,14,15). The Morgan fingerprint density at radius 3 is 2.76 bits per heavy atom. The fraction of sp³-hybridized carbons (Fsp3) is 0.273. The van der Waals surface area contributed by atoms with E-state index in [0.717, 1.165) is 15.7 Å². The highest BCUT2D eigenvalue weighted by Crippen LogP contribution is 2.33. The van der Waals surface area contributed by atoms with Crippen molar-refractivity contribution in [1.29, 1.82) is 0 Å². The van der Waals surface area contributed by atoms with Crippen LogP contribution < -0.4 is 5.73 Å². The summed E-state index contributed by atoms with van der Waals surface area (Å²) in [5.74, 6) is 3.61. The molecule has 0 saturated heterocycles. The molecule has 2 N–H and O–H groups in total. The predicted molar refractivity (Wildman–Crippen MR) is 77.3 cm³/mol. The van der Waals surface area contributed by atoms with Crippen molar-refractivity contribution in [2.75, 3.05) is 24.5 Å². The van der Waals surface area contributed by atoms with Crippen LogP contribution >= 0.6 is 26.0 Å². The van der Waals surface area contributed by atoms with Crippen LogP contribution in [0.1, 0.15) is 5.56 Å². The molecule has 0 aliphatic heterocycles. The van der Waals surface area contributed by atoms with Crippen molar-refractivity contribution in [2.45, 2.75) is 0 Å². The van der Waals surface area contributed by atoms with E-state index in [2.05, 4.69) is 56.0 Å². The molecule has 4 nitrogen and oxygen atoms in total. The van der Waals surface area contributed by atoms with Gasteiger partial charge in [-0.3, -0.25) is 0 Å². The van der Waals surface area contributed by atoms with Crippen LogP contribution in [0.15, 0.2) is 17.0 Å². The quantitative estimate of drug-likeness (QED) is 0.758. The van der Waals surface area contributed by atoms with E-state index < -0.39 is 10.0 Å². The van der Waals surface area contributed by atoms with Gasteiger partial charge in [0.1, 0.15) is 16.4 Å². The molecule has 0 amide bonds. The van der Waals surface area contributed by atoms with Gasteiger partial charge in [0.2, 0.25) is 0 Å². The van der Waals surface area contributed by atoms with Gasteiger partial charge in [-0.05, 0) is 46.0 Å². The fourth-order valence-electron chi connectivity index (χ4n) is 1.33. The first kappa shape index (κ1) is 12.3. The van der Waals surface area contributed by atoms with Crippen LogP contribution in [0.3, 0.4) is 0 Å². The normalized spacial score (nSPS) is 12.2. The van der Waals surface area contributed by atoms with Gasteiger partial charge in [-0.2, -0.15) is 15.1 Å². The number of fused-ring (bicyclic) bond motifs is 1. The van der Waals surface area contributed by atoms with Crippen molar-refractivity contribution in [2.24, 2.45) is 0 Å². The second-order valence-electron chi connectivity index (χ2n) is 4.35. The zero-order chi connectivity index (χ0) is 12.6. The van der Waals surface area contributed by atoms with Gasteiger partial charge in [0.05, 0.1) is 5.56 Å². The first-order valence-corrected chi connectivity index (χ1v) is 8.52. The van der Waals surface area contributed by atoms with Crippen LogP contribution in [0.4, 0.5) is 5.82 Å². The first-order valence-electron chi connectivity index (χ1n) is 4.87. The molecule has 2 heterocycles. The number of hydrogen-bond donors (Lipinski definition) is 1. The summed E-state index contributed by atoms with van der Waals surface area (Å²) in [6, 6.07) is 1.92. The number of nitrogens with zero attached hydrogens (tertiary/aromatic N) is 3. The smallest absolute Gasteiger partial charge is 0.152 e. The highest BCUT2D eigenvalue weighted by molar-refractivity contribution is 9.10. The third-order valence-electron chi connectivity index (χ3n) is 2.03. The van der Waals surface area contributed by atoms with Crippen molar-refractivity contribution in [3.63, 3.8) is 0 Å². The Hall–Kier alpha value is -1.19. The minimum Gasteiger partial charge on any atom is -0.382 e. The summed E-state index contributed by atoms with van der Waals surface area (Å²) in [5, 5.41) is 7.38. The van der Waals surface area contributed by atoms with Crippen molar-refractivity contribution in [3.05, 3.63) is 22.6 Å². The van der Waals surface area contributed by atoms with E-state index >= 15 is 0 Å². The van der Waals surface area contributed by atoms with Crippen LogP contribution in [0.5, 0.6) is 0 Å². The average Bonchev–Trinajstić information content (AvgIpc) is 2.54. The molecule has 0 atom stereocenters. The fourth-order valence-corrected chi connectivity index (χ4v) is 2.25.